The highest BCUT2D eigenvalue weighted by molar-refractivity contribution is 14.0. The largest absolute Gasteiger partial charge is 0.370 e. The van der Waals surface area contributed by atoms with Crippen LogP contribution in [0.2, 0.25) is 0 Å². The Labute approximate surface area is 165 Å². The van der Waals surface area contributed by atoms with Crippen LogP contribution < -0.4 is 11.1 Å². The first kappa shape index (κ1) is 19.0. The van der Waals surface area contributed by atoms with E-state index in [1.807, 2.05) is 53.3 Å². The topological polar surface area (TPSA) is 68.2 Å². The van der Waals surface area contributed by atoms with Gasteiger partial charge < -0.3 is 11.1 Å². The summed E-state index contributed by atoms with van der Waals surface area (Å²) in [6.45, 7) is 3.31. The average Bonchev–Trinajstić information content (AvgIpc) is 3.09. The zero-order valence-electron chi connectivity index (χ0n) is 14.1. The van der Waals surface area contributed by atoms with E-state index in [2.05, 4.69) is 34.5 Å². The van der Waals surface area contributed by atoms with Gasteiger partial charge in [0.1, 0.15) is 0 Å². The number of halogens is 1. The average molecular weight is 447 g/mol. The zero-order valence-corrected chi connectivity index (χ0v) is 16.4. The highest BCUT2D eigenvalue weighted by atomic mass is 127. The van der Waals surface area contributed by atoms with Gasteiger partial charge in [0.05, 0.1) is 13.1 Å². The molecule has 0 aliphatic carbocycles. The molecule has 0 aliphatic rings. The number of guanidine groups is 1. The Balaban J connectivity index is 0.00000225. The fourth-order valence-electron chi connectivity index (χ4n) is 2.43. The summed E-state index contributed by atoms with van der Waals surface area (Å²) in [6, 6.07) is 18.2. The van der Waals surface area contributed by atoms with Gasteiger partial charge in [0.2, 0.25) is 0 Å². The van der Waals surface area contributed by atoms with Crippen LogP contribution in [-0.4, -0.2) is 15.7 Å². The van der Waals surface area contributed by atoms with Crippen molar-refractivity contribution in [1.29, 1.82) is 0 Å². The molecule has 3 aromatic rings. The number of rotatable bonds is 5. The van der Waals surface area contributed by atoms with E-state index in [1.54, 1.807) is 6.20 Å². The van der Waals surface area contributed by atoms with Crippen molar-refractivity contribution in [2.24, 2.45) is 10.7 Å². The van der Waals surface area contributed by atoms with Crippen molar-refractivity contribution in [2.75, 3.05) is 5.32 Å². The van der Waals surface area contributed by atoms with E-state index in [0.29, 0.717) is 12.5 Å². The van der Waals surface area contributed by atoms with Crippen LogP contribution in [0.1, 0.15) is 16.7 Å². The summed E-state index contributed by atoms with van der Waals surface area (Å²) in [7, 11) is 0. The molecule has 0 saturated carbocycles. The minimum absolute atomic E-state index is 0. The normalized spacial score (nSPS) is 11.0. The molecule has 0 saturated heterocycles. The molecule has 5 nitrogen and oxygen atoms in total. The van der Waals surface area contributed by atoms with E-state index in [4.69, 9.17) is 5.73 Å². The molecule has 0 spiro atoms. The number of hydrogen-bond donors (Lipinski definition) is 2. The van der Waals surface area contributed by atoms with Gasteiger partial charge in [-0.05, 0) is 36.2 Å². The number of nitrogens with one attached hydrogen (secondary N) is 1. The summed E-state index contributed by atoms with van der Waals surface area (Å²) in [5.74, 6) is 0.410. The van der Waals surface area contributed by atoms with E-state index < -0.39 is 0 Å². The minimum atomic E-state index is 0. The summed E-state index contributed by atoms with van der Waals surface area (Å²) in [5.41, 5.74) is 10.5. The third kappa shape index (κ3) is 5.60. The van der Waals surface area contributed by atoms with Crippen molar-refractivity contribution in [3.8, 4) is 0 Å². The highest BCUT2D eigenvalue weighted by Gasteiger charge is 2.03. The molecule has 2 aromatic carbocycles. The van der Waals surface area contributed by atoms with Gasteiger partial charge in [-0.3, -0.25) is 4.68 Å². The van der Waals surface area contributed by atoms with E-state index in [0.717, 1.165) is 17.8 Å². The molecule has 130 valence electrons. The molecule has 0 amide bonds. The van der Waals surface area contributed by atoms with Crippen LogP contribution in [0.3, 0.4) is 0 Å². The van der Waals surface area contributed by atoms with Gasteiger partial charge in [0.15, 0.2) is 5.96 Å². The molecular formula is C19H22IN5. The number of nitrogens with zero attached hydrogens (tertiary/aromatic N) is 3. The van der Waals surface area contributed by atoms with Gasteiger partial charge in [0.25, 0.3) is 0 Å². The van der Waals surface area contributed by atoms with Crippen LogP contribution in [0.25, 0.3) is 0 Å². The number of aliphatic imine (C=N–C) groups is 1. The monoisotopic (exact) mass is 447 g/mol. The number of aromatic nitrogens is 2. The number of anilines is 1. The predicted octanol–water partition coefficient (Wildman–Crippen LogP) is 3.78. The Hall–Kier alpha value is -2.35. The van der Waals surface area contributed by atoms with Gasteiger partial charge in [-0.25, -0.2) is 4.99 Å². The van der Waals surface area contributed by atoms with Crippen molar-refractivity contribution in [2.45, 2.75) is 20.0 Å². The van der Waals surface area contributed by atoms with E-state index >= 15 is 0 Å². The number of aryl methyl sites for hydroxylation is 1. The molecule has 3 N–H and O–H groups in total. The van der Waals surface area contributed by atoms with Crippen molar-refractivity contribution in [3.05, 3.63) is 83.7 Å². The third-order valence-corrected chi connectivity index (χ3v) is 3.75. The molecule has 0 atom stereocenters. The fraction of sp³-hybridized carbons (Fsp3) is 0.158. The van der Waals surface area contributed by atoms with Crippen LogP contribution >= 0.6 is 24.0 Å². The van der Waals surface area contributed by atoms with Crippen LogP contribution in [0.4, 0.5) is 5.69 Å². The number of hydrogen-bond acceptors (Lipinski definition) is 2. The quantitative estimate of drug-likeness (QED) is 0.356. The lowest BCUT2D eigenvalue weighted by Crippen LogP contribution is -2.22. The van der Waals surface area contributed by atoms with Gasteiger partial charge in [-0.2, -0.15) is 5.10 Å². The minimum Gasteiger partial charge on any atom is -0.370 e. The maximum absolute atomic E-state index is 6.00. The van der Waals surface area contributed by atoms with Gasteiger partial charge in [-0.15, -0.1) is 24.0 Å². The molecule has 1 aromatic heterocycles. The smallest absolute Gasteiger partial charge is 0.193 e. The summed E-state index contributed by atoms with van der Waals surface area (Å²) >= 11 is 0. The first-order valence-corrected chi connectivity index (χ1v) is 7.88. The standard InChI is InChI=1S/C19H21N5.HI/c1-15-7-9-18(10-8-15)23-19(20)21-13-16-5-2-3-6-17(16)14-24-12-4-11-22-24;/h2-12H,13-14H2,1H3,(H3,20,21,23);1H. The molecule has 6 heteroatoms. The second kappa shape index (κ2) is 9.22. The van der Waals surface area contributed by atoms with Crippen molar-refractivity contribution < 1.29 is 0 Å². The van der Waals surface area contributed by atoms with Crippen molar-refractivity contribution in [1.82, 2.24) is 9.78 Å². The Morgan fingerprint density at radius 3 is 2.48 bits per heavy atom. The highest BCUT2D eigenvalue weighted by Crippen LogP contribution is 2.12. The van der Waals surface area contributed by atoms with E-state index in [1.165, 1.54) is 11.1 Å². The summed E-state index contributed by atoms with van der Waals surface area (Å²) in [5, 5.41) is 7.37. The zero-order chi connectivity index (χ0) is 16.8. The molecule has 3 rings (SSSR count). The molecule has 25 heavy (non-hydrogen) atoms. The third-order valence-electron chi connectivity index (χ3n) is 3.75. The van der Waals surface area contributed by atoms with E-state index in [9.17, 15) is 0 Å². The lowest BCUT2D eigenvalue weighted by molar-refractivity contribution is 0.681. The fourth-order valence-corrected chi connectivity index (χ4v) is 2.43. The first-order chi connectivity index (χ1) is 11.7. The molecule has 0 aliphatic heterocycles. The van der Waals surface area contributed by atoms with Crippen LogP contribution in [0.15, 0.2) is 72.0 Å². The van der Waals surface area contributed by atoms with Gasteiger partial charge in [-0.1, -0.05) is 42.0 Å². The van der Waals surface area contributed by atoms with Crippen LogP contribution in [-0.2, 0) is 13.1 Å². The van der Waals surface area contributed by atoms with Crippen LogP contribution in [0.5, 0.6) is 0 Å². The van der Waals surface area contributed by atoms with Gasteiger partial charge >= 0.3 is 0 Å². The Morgan fingerprint density at radius 1 is 1.08 bits per heavy atom. The number of nitrogens with two attached hydrogens (primary N) is 1. The second-order valence-electron chi connectivity index (χ2n) is 5.66. The molecule has 1 heterocycles. The summed E-state index contributed by atoms with van der Waals surface area (Å²) < 4.78 is 1.90. The molecule has 0 unspecified atom stereocenters. The number of benzene rings is 2. The maximum atomic E-state index is 6.00. The molecule has 0 bridgehead atoms. The van der Waals surface area contributed by atoms with Crippen molar-refractivity contribution in [3.63, 3.8) is 0 Å². The summed E-state index contributed by atoms with van der Waals surface area (Å²) in [4.78, 5) is 4.46. The Kier molecular flexibility index (Phi) is 7.00. The van der Waals surface area contributed by atoms with E-state index in [-0.39, 0.29) is 24.0 Å². The lowest BCUT2D eigenvalue weighted by atomic mass is 10.1. The Bertz CT molecular complexity index is 810. The predicted molar refractivity (Wildman–Crippen MR) is 113 cm³/mol. The SMILES string of the molecule is Cc1ccc(NC(N)=NCc2ccccc2Cn2cccn2)cc1.I. The molecule has 0 radical (unpaired) electrons. The first-order valence-electron chi connectivity index (χ1n) is 7.88. The van der Waals surface area contributed by atoms with Gasteiger partial charge in [0, 0.05) is 18.1 Å². The van der Waals surface area contributed by atoms with Crippen molar-refractivity contribution >= 4 is 35.6 Å². The Morgan fingerprint density at radius 2 is 1.80 bits per heavy atom. The lowest BCUT2D eigenvalue weighted by Gasteiger charge is -2.09. The maximum Gasteiger partial charge on any atom is 0.193 e. The van der Waals surface area contributed by atoms with Crippen LogP contribution in [0, 0.1) is 6.92 Å². The molecule has 0 fully saturated rings. The molecular weight excluding hydrogens is 425 g/mol. The second-order valence-corrected chi connectivity index (χ2v) is 5.66. The summed E-state index contributed by atoms with van der Waals surface area (Å²) in [6.07, 6.45) is 3.73.